The van der Waals surface area contributed by atoms with E-state index in [1.54, 1.807) is 0 Å². The largest absolute Gasteiger partial charge is 0.403 e. The number of imidazole rings is 1. The average molecular weight is 403 g/mol. The molecule has 1 aliphatic rings. The van der Waals surface area contributed by atoms with E-state index in [-0.39, 0.29) is 0 Å². The van der Waals surface area contributed by atoms with Crippen LogP contribution in [0.5, 0.6) is 0 Å². The minimum absolute atomic E-state index is 0.473. The maximum atomic E-state index is 5.81. The number of benzene rings is 2. The maximum Gasteiger partial charge on any atom is 0.315 e. The zero-order valence-electron chi connectivity index (χ0n) is 17.0. The fourth-order valence-corrected chi connectivity index (χ4v) is 4.01. The SMILES string of the molecule is c1ccc(-n2cnc3cc(-c4nnc(NCCCCN5CCCC5)o4)ccc32)cc1. The van der Waals surface area contributed by atoms with Crippen molar-refractivity contribution >= 4 is 17.0 Å². The Hall–Kier alpha value is -3.19. The number of para-hydroxylation sites is 1. The van der Waals surface area contributed by atoms with Crippen LogP contribution < -0.4 is 5.32 Å². The molecule has 1 N–H and O–H groups in total. The highest BCUT2D eigenvalue weighted by Gasteiger charge is 2.12. The van der Waals surface area contributed by atoms with Crippen LogP contribution in [-0.4, -0.2) is 50.8 Å². The van der Waals surface area contributed by atoms with E-state index in [1.807, 2.05) is 42.7 Å². The zero-order chi connectivity index (χ0) is 20.2. The number of nitrogens with zero attached hydrogens (tertiary/aromatic N) is 5. The highest BCUT2D eigenvalue weighted by atomic mass is 16.4. The van der Waals surface area contributed by atoms with Crippen LogP contribution in [0.1, 0.15) is 25.7 Å². The number of hydrogen-bond donors (Lipinski definition) is 1. The van der Waals surface area contributed by atoms with Crippen molar-refractivity contribution in [2.75, 3.05) is 31.5 Å². The summed E-state index contributed by atoms with van der Waals surface area (Å²) >= 11 is 0. The number of unbranched alkanes of at least 4 members (excludes halogenated alkanes) is 1. The lowest BCUT2D eigenvalue weighted by molar-refractivity contribution is 0.331. The predicted molar refractivity (Wildman–Crippen MR) is 118 cm³/mol. The van der Waals surface area contributed by atoms with Crippen molar-refractivity contribution in [1.29, 1.82) is 0 Å². The molecule has 2 aromatic carbocycles. The molecule has 1 saturated heterocycles. The van der Waals surface area contributed by atoms with Gasteiger partial charge < -0.3 is 14.6 Å². The van der Waals surface area contributed by atoms with Gasteiger partial charge in [0.2, 0.25) is 5.89 Å². The first-order valence-electron chi connectivity index (χ1n) is 10.7. The molecule has 0 radical (unpaired) electrons. The number of likely N-dealkylation sites (tertiary alicyclic amines) is 1. The normalized spacial score (nSPS) is 14.5. The van der Waals surface area contributed by atoms with Gasteiger partial charge in [-0.15, -0.1) is 5.10 Å². The number of aromatic nitrogens is 4. The molecular formula is C23H26N6O. The molecule has 0 bridgehead atoms. The molecule has 5 rings (SSSR count). The summed E-state index contributed by atoms with van der Waals surface area (Å²) in [6.45, 7) is 4.55. The van der Waals surface area contributed by atoms with Gasteiger partial charge in [0.05, 0.1) is 11.0 Å². The monoisotopic (exact) mass is 402 g/mol. The summed E-state index contributed by atoms with van der Waals surface area (Å²) in [6, 6.07) is 16.7. The van der Waals surface area contributed by atoms with E-state index in [4.69, 9.17) is 4.42 Å². The lowest BCUT2D eigenvalue weighted by atomic mass is 10.2. The standard InChI is InChI=1S/C23H26N6O/c1-2-8-19(9-3-1)29-17-25-20-16-18(10-11-21(20)29)22-26-27-23(30-22)24-12-4-5-13-28-14-6-7-15-28/h1-3,8-11,16-17H,4-7,12-15H2,(H,24,27). The van der Waals surface area contributed by atoms with Crippen LogP contribution in [0, 0.1) is 0 Å². The lowest BCUT2D eigenvalue weighted by Crippen LogP contribution is -2.20. The van der Waals surface area contributed by atoms with Crippen LogP contribution in [-0.2, 0) is 0 Å². The fraction of sp³-hybridized carbons (Fsp3) is 0.348. The smallest absolute Gasteiger partial charge is 0.315 e. The van der Waals surface area contributed by atoms with Crippen LogP contribution in [0.3, 0.4) is 0 Å². The Morgan fingerprint density at radius 1 is 0.967 bits per heavy atom. The number of rotatable bonds is 8. The predicted octanol–water partition coefficient (Wildman–Crippen LogP) is 4.36. The fourth-order valence-electron chi connectivity index (χ4n) is 4.01. The molecule has 30 heavy (non-hydrogen) atoms. The maximum absolute atomic E-state index is 5.81. The minimum Gasteiger partial charge on any atom is -0.403 e. The van der Waals surface area contributed by atoms with Gasteiger partial charge in [0.25, 0.3) is 0 Å². The summed E-state index contributed by atoms with van der Waals surface area (Å²) in [7, 11) is 0. The number of fused-ring (bicyclic) bond motifs is 1. The quantitative estimate of drug-likeness (QED) is 0.442. The molecular weight excluding hydrogens is 376 g/mol. The minimum atomic E-state index is 0.473. The number of nitrogens with one attached hydrogen (secondary N) is 1. The number of anilines is 1. The molecule has 2 aromatic heterocycles. The van der Waals surface area contributed by atoms with Crippen molar-refractivity contribution in [2.45, 2.75) is 25.7 Å². The molecule has 1 fully saturated rings. The Balaban J connectivity index is 1.21. The van der Waals surface area contributed by atoms with Crippen molar-refractivity contribution in [3.8, 4) is 17.1 Å². The Morgan fingerprint density at radius 2 is 1.83 bits per heavy atom. The highest BCUT2D eigenvalue weighted by Crippen LogP contribution is 2.25. The summed E-state index contributed by atoms with van der Waals surface area (Å²) in [5.41, 5.74) is 3.89. The van der Waals surface area contributed by atoms with Gasteiger partial charge >= 0.3 is 6.01 Å². The van der Waals surface area contributed by atoms with Gasteiger partial charge in [-0.3, -0.25) is 4.57 Å². The summed E-state index contributed by atoms with van der Waals surface area (Å²) in [5.74, 6) is 0.505. The van der Waals surface area contributed by atoms with Crippen molar-refractivity contribution < 1.29 is 4.42 Å². The first-order chi connectivity index (χ1) is 14.9. The molecule has 0 atom stereocenters. The Bertz CT molecular complexity index is 1100. The second kappa shape index (κ2) is 8.67. The molecule has 0 amide bonds. The second-order valence-electron chi connectivity index (χ2n) is 7.75. The van der Waals surface area contributed by atoms with E-state index in [0.29, 0.717) is 11.9 Å². The van der Waals surface area contributed by atoms with Crippen LogP contribution >= 0.6 is 0 Å². The first kappa shape index (κ1) is 18.8. The summed E-state index contributed by atoms with van der Waals surface area (Å²) in [6.07, 6.45) is 6.82. The first-order valence-corrected chi connectivity index (χ1v) is 10.7. The van der Waals surface area contributed by atoms with Crippen LogP contribution in [0.4, 0.5) is 6.01 Å². The van der Waals surface area contributed by atoms with Gasteiger partial charge in [0.15, 0.2) is 0 Å². The van der Waals surface area contributed by atoms with Gasteiger partial charge in [-0.25, -0.2) is 4.98 Å². The van der Waals surface area contributed by atoms with E-state index in [1.165, 1.54) is 38.9 Å². The van der Waals surface area contributed by atoms with Crippen molar-refractivity contribution in [1.82, 2.24) is 24.6 Å². The summed E-state index contributed by atoms with van der Waals surface area (Å²) in [4.78, 5) is 7.09. The van der Waals surface area contributed by atoms with Crippen LogP contribution in [0.25, 0.3) is 28.2 Å². The van der Waals surface area contributed by atoms with E-state index in [0.717, 1.165) is 35.2 Å². The third-order valence-corrected chi connectivity index (χ3v) is 5.63. The van der Waals surface area contributed by atoms with Gasteiger partial charge in [-0.1, -0.05) is 23.3 Å². The third-order valence-electron chi connectivity index (χ3n) is 5.63. The van der Waals surface area contributed by atoms with Gasteiger partial charge in [0.1, 0.15) is 6.33 Å². The van der Waals surface area contributed by atoms with E-state index < -0.39 is 0 Å². The molecule has 1 aliphatic heterocycles. The second-order valence-corrected chi connectivity index (χ2v) is 7.75. The molecule has 4 aromatic rings. The molecule has 0 saturated carbocycles. The molecule has 3 heterocycles. The van der Waals surface area contributed by atoms with E-state index in [9.17, 15) is 0 Å². The van der Waals surface area contributed by atoms with Gasteiger partial charge in [-0.05, 0) is 75.6 Å². The zero-order valence-corrected chi connectivity index (χ0v) is 17.0. The summed E-state index contributed by atoms with van der Waals surface area (Å²) < 4.78 is 7.88. The molecule has 154 valence electrons. The van der Waals surface area contributed by atoms with Gasteiger partial charge in [0, 0.05) is 17.8 Å². The van der Waals surface area contributed by atoms with Crippen molar-refractivity contribution in [2.24, 2.45) is 0 Å². The molecule has 0 aliphatic carbocycles. The molecule has 7 nitrogen and oxygen atoms in total. The summed E-state index contributed by atoms with van der Waals surface area (Å²) in [5, 5.41) is 11.6. The molecule has 7 heteroatoms. The molecule has 0 spiro atoms. The molecule has 0 unspecified atom stereocenters. The van der Waals surface area contributed by atoms with E-state index in [2.05, 4.69) is 42.1 Å². The Morgan fingerprint density at radius 3 is 2.70 bits per heavy atom. The van der Waals surface area contributed by atoms with Crippen LogP contribution in [0.15, 0.2) is 59.3 Å². The van der Waals surface area contributed by atoms with Crippen molar-refractivity contribution in [3.05, 3.63) is 54.9 Å². The lowest BCUT2D eigenvalue weighted by Gasteiger charge is -2.13. The van der Waals surface area contributed by atoms with Gasteiger partial charge in [-0.2, -0.15) is 0 Å². The highest BCUT2D eigenvalue weighted by molar-refractivity contribution is 5.82. The van der Waals surface area contributed by atoms with Crippen molar-refractivity contribution in [3.63, 3.8) is 0 Å². The average Bonchev–Trinajstić information content (AvgIpc) is 3.54. The van der Waals surface area contributed by atoms with E-state index >= 15 is 0 Å². The topological polar surface area (TPSA) is 72.0 Å². The Kier molecular flexibility index (Phi) is 5.44. The third kappa shape index (κ3) is 4.07. The Labute approximate surface area is 175 Å². The van der Waals surface area contributed by atoms with Crippen LogP contribution in [0.2, 0.25) is 0 Å². The number of hydrogen-bond acceptors (Lipinski definition) is 6.